The van der Waals surface area contributed by atoms with E-state index in [0.29, 0.717) is 22.2 Å². The Bertz CT molecular complexity index is 893. The van der Waals surface area contributed by atoms with Crippen LogP contribution >= 0.6 is 11.6 Å². The molecule has 0 aliphatic carbocycles. The summed E-state index contributed by atoms with van der Waals surface area (Å²) in [5, 5.41) is 9.40. The van der Waals surface area contributed by atoms with Crippen LogP contribution in [-0.2, 0) is 9.59 Å². The fraction of sp³-hybridized carbons (Fsp3) is 0.158. The van der Waals surface area contributed by atoms with Crippen molar-refractivity contribution in [2.45, 2.75) is 6.42 Å². The lowest BCUT2D eigenvalue weighted by Crippen LogP contribution is -2.38. The Kier molecular flexibility index (Phi) is 5.14. The van der Waals surface area contributed by atoms with Crippen LogP contribution in [0.15, 0.2) is 48.2 Å². The minimum Gasteiger partial charge on any atom is -0.497 e. The van der Waals surface area contributed by atoms with Gasteiger partial charge in [-0.2, -0.15) is 0 Å². The van der Waals surface area contributed by atoms with E-state index in [-0.39, 0.29) is 18.7 Å². The standard InChI is InChI=1S/C19H16ClNO5/c1-25-14-4-2-3-12(9-14)10-17-19(24)21(8-7-18(22)23)15-11-13(20)5-6-16(15)26-17/h2-6,9-11H,7-8H2,1H3,(H,22,23)/b17-10+. The Hall–Kier alpha value is -2.99. The highest BCUT2D eigenvalue weighted by atomic mass is 35.5. The summed E-state index contributed by atoms with van der Waals surface area (Å²) in [7, 11) is 1.56. The topological polar surface area (TPSA) is 76.1 Å². The van der Waals surface area contributed by atoms with Gasteiger partial charge in [0.1, 0.15) is 5.75 Å². The van der Waals surface area contributed by atoms with Crippen molar-refractivity contribution in [3.8, 4) is 11.5 Å². The number of nitrogens with zero attached hydrogens (tertiary/aromatic N) is 1. The largest absolute Gasteiger partial charge is 0.497 e. The van der Waals surface area contributed by atoms with E-state index in [1.807, 2.05) is 6.07 Å². The fourth-order valence-electron chi connectivity index (χ4n) is 2.60. The second-order valence-electron chi connectivity index (χ2n) is 5.60. The smallest absolute Gasteiger partial charge is 0.305 e. The van der Waals surface area contributed by atoms with Gasteiger partial charge in [-0.05, 0) is 42.0 Å². The number of halogens is 1. The van der Waals surface area contributed by atoms with E-state index in [4.69, 9.17) is 26.2 Å². The number of hydrogen-bond donors (Lipinski definition) is 1. The quantitative estimate of drug-likeness (QED) is 0.810. The van der Waals surface area contributed by atoms with Crippen molar-refractivity contribution in [2.75, 3.05) is 18.6 Å². The van der Waals surface area contributed by atoms with Crippen LogP contribution in [0.1, 0.15) is 12.0 Å². The first-order valence-electron chi connectivity index (χ1n) is 7.85. The van der Waals surface area contributed by atoms with Gasteiger partial charge in [0.2, 0.25) is 0 Å². The molecule has 7 heteroatoms. The second-order valence-corrected chi connectivity index (χ2v) is 6.04. The van der Waals surface area contributed by atoms with Gasteiger partial charge >= 0.3 is 5.97 Å². The molecule has 0 atom stereocenters. The van der Waals surface area contributed by atoms with Crippen molar-refractivity contribution in [3.05, 3.63) is 58.8 Å². The monoisotopic (exact) mass is 373 g/mol. The molecule has 0 spiro atoms. The lowest BCUT2D eigenvalue weighted by atomic mass is 10.1. The van der Waals surface area contributed by atoms with Crippen LogP contribution in [0.4, 0.5) is 5.69 Å². The summed E-state index contributed by atoms with van der Waals surface area (Å²) in [6, 6.07) is 12.1. The maximum Gasteiger partial charge on any atom is 0.305 e. The summed E-state index contributed by atoms with van der Waals surface area (Å²) < 4.78 is 10.9. The Morgan fingerprint density at radius 1 is 1.31 bits per heavy atom. The van der Waals surface area contributed by atoms with Crippen molar-refractivity contribution >= 4 is 35.2 Å². The number of carboxylic acids is 1. The van der Waals surface area contributed by atoms with Gasteiger partial charge in [-0.25, -0.2) is 0 Å². The first-order chi connectivity index (χ1) is 12.5. The Morgan fingerprint density at radius 2 is 2.12 bits per heavy atom. The molecule has 0 bridgehead atoms. The number of fused-ring (bicyclic) bond motifs is 1. The van der Waals surface area contributed by atoms with Crippen LogP contribution in [0.3, 0.4) is 0 Å². The zero-order chi connectivity index (χ0) is 18.7. The van der Waals surface area contributed by atoms with Gasteiger partial charge in [0, 0.05) is 11.6 Å². The van der Waals surface area contributed by atoms with Crippen molar-refractivity contribution in [1.29, 1.82) is 0 Å². The van der Waals surface area contributed by atoms with Crippen LogP contribution in [0.25, 0.3) is 6.08 Å². The van der Waals surface area contributed by atoms with E-state index >= 15 is 0 Å². The Balaban J connectivity index is 2.00. The number of hydrogen-bond acceptors (Lipinski definition) is 4. The summed E-state index contributed by atoms with van der Waals surface area (Å²) in [6.07, 6.45) is 1.40. The fourth-order valence-corrected chi connectivity index (χ4v) is 2.76. The molecule has 1 amide bonds. The molecule has 6 nitrogen and oxygen atoms in total. The molecule has 1 aliphatic rings. The third kappa shape index (κ3) is 3.81. The molecule has 134 valence electrons. The molecule has 0 radical (unpaired) electrons. The number of carbonyl (C=O) groups excluding carboxylic acids is 1. The van der Waals surface area contributed by atoms with Crippen LogP contribution < -0.4 is 14.4 Å². The van der Waals surface area contributed by atoms with Crippen molar-refractivity contribution in [3.63, 3.8) is 0 Å². The van der Waals surface area contributed by atoms with Crippen LogP contribution in [0.2, 0.25) is 5.02 Å². The first kappa shape index (κ1) is 17.8. The molecule has 3 rings (SSSR count). The van der Waals surface area contributed by atoms with Crippen molar-refractivity contribution in [2.24, 2.45) is 0 Å². The summed E-state index contributed by atoms with van der Waals surface area (Å²) in [5.74, 6) is -0.237. The van der Waals surface area contributed by atoms with E-state index < -0.39 is 11.9 Å². The molecular weight excluding hydrogens is 358 g/mol. The third-order valence-corrected chi connectivity index (χ3v) is 4.06. The zero-order valence-electron chi connectivity index (χ0n) is 13.9. The van der Waals surface area contributed by atoms with Crippen molar-refractivity contribution < 1.29 is 24.2 Å². The summed E-state index contributed by atoms with van der Waals surface area (Å²) >= 11 is 6.01. The highest BCUT2D eigenvalue weighted by molar-refractivity contribution is 6.31. The molecule has 1 N–H and O–H groups in total. The summed E-state index contributed by atoms with van der Waals surface area (Å²) in [6.45, 7) is 0.0142. The number of carbonyl (C=O) groups is 2. The Morgan fingerprint density at radius 3 is 2.85 bits per heavy atom. The number of rotatable bonds is 5. The van der Waals surface area contributed by atoms with Crippen molar-refractivity contribution in [1.82, 2.24) is 0 Å². The number of aliphatic carboxylic acids is 1. The van der Waals surface area contributed by atoms with E-state index in [0.717, 1.165) is 5.56 Å². The first-order valence-corrected chi connectivity index (χ1v) is 8.22. The molecule has 0 saturated heterocycles. The third-order valence-electron chi connectivity index (χ3n) is 3.83. The lowest BCUT2D eigenvalue weighted by molar-refractivity contribution is -0.136. The highest BCUT2D eigenvalue weighted by Gasteiger charge is 2.30. The number of ether oxygens (including phenoxy) is 2. The molecule has 1 heterocycles. The maximum atomic E-state index is 12.8. The average molecular weight is 374 g/mol. The zero-order valence-corrected chi connectivity index (χ0v) is 14.7. The van der Waals surface area contributed by atoms with Gasteiger partial charge in [0.25, 0.3) is 5.91 Å². The average Bonchev–Trinajstić information content (AvgIpc) is 2.62. The molecule has 1 aliphatic heterocycles. The maximum absolute atomic E-state index is 12.8. The predicted octanol–water partition coefficient (Wildman–Crippen LogP) is 3.59. The summed E-state index contributed by atoms with van der Waals surface area (Å²) in [4.78, 5) is 25.1. The van der Waals surface area contributed by atoms with Crippen LogP contribution in [0.5, 0.6) is 11.5 Å². The number of amides is 1. The second kappa shape index (κ2) is 7.49. The van der Waals surface area contributed by atoms with Gasteiger partial charge in [-0.1, -0.05) is 23.7 Å². The minimum atomic E-state index is -0.994. The van der Waals surface area contributed by atoms with E-state index in [1.165, 1.54) is 4.90 Å². The molecule has 2 aromatic rings. The summed E-state index contributed by atoms with van der Waals surface area (Å²) in [5.41, 5.74) is 1.18. The normalized spacial score (nSPS) is 14.8. The van der Waals surface area contributed by atoms with Gasteiger partial charge in [0.15, 0.2) is 11.5 Å². The van der Waals surface area contributed by atoms with Crippen LogP contribution in [0, 0.1) is 0 Å². The number of anilines is 1. The van der Waals surface area contributed by atoms with E-state index in [9.17, 15) is 9.59 Å². The molecule has 0 aromatic heterocycles. The SMILES string of the molecule is COc1cccc(/C=C2/Oc3ccc(Cl)cc3N(CCC(=O)O)C2=O)c1. The molecule has 0 fully saturated rings. The highest BCUT2D eigenvalue weighted by Crippen LogP contribution is 2.38. The molecule has 0 unspecified atom stereocenters. The van der Waals surface area contributed by atoms with Gasteiger partial charge in [-0.15, -0.1) is 0 Å². The minimum absolute atomic E-state index is 0.0142. The van der Waals surface area contributed by atoms with E-state index in [2.05, 4.69) is 0 Å². The molecular formula is C19H16ClNO5. The molecule has 26 heavy (non-hydrogen) atoms. The Labute approximate surface area is 155 Å². The number of carboxylic acid groups (broad SMARTS) is 1. The molecule has 2 aromatic carbocycles. The van der Waals surface area contributed by atoms with Gasteiger partial charge in [-0.3, -0.25) is 9.59 Å². The van der Waals surface area contributed by atoms with Gasteiger partial charge < -0.3 is 19.5 Å². The van der Waals surface area contributed by atoms with Crippen LogP contribution in [-0.4, -0.2) is 30.6 Å². The predicted molar refractivity (Wildman–Crippen MR) is 97.7 cm³/mol. The number of methoxy groups -OCH3 is 1. The van der Waals surface area contributed by atoms with E-state index in [1.54, 1.807) is 49.6 Å². The number of benzene rings is 2. The molecule has 0 saturated carbocycles. The lowest BCUT2D eigenvalue weighted by Gasteiger charge is -2.30. The van der Waals surface area contributed by atoms with Gasteiger partial charge in [0.05, 0.1) is 19.2 Å².